The number of hydrogen-bond donors (Lipinski definition) is 1. The molecule has 0 aliphatic heterocycles. The zero-order chi connectivity index (χ0) is 21.7. The van der Waals surface area contributed by atoms with Gasteiger partial charge in [-0.3, -0.25) is 14.9 Å². The lowest BCUT2D eigenvalue weighted by Crippen LogP contribution is -2.33. The number of rotatable bonds is 6. The minimum atomic E-state index is -0.793. The van der Waals surface area contributed by atoms with E-state index >= 15 is 0 Å². The van der Waals surface area contributed by atoms with Gasteiger partial charge < -0.3 is 4.74 Å². The summed E-state index contributed by atoms with van der Waals surface area (Å²) in [6, 6.07) is 8.85. The predicted octanol–water partition coefficient (Wildman–Crippen LogP) is 3.55. The Morgan fingerprint density at radius 2 is 2.00 bits per heavy atom. The number of aryl methyl sites for hydroxylation is 1. The topological polar surface area (TPSA) is 90.3 Å². The Morgan fingerprint density at radius 3 is 2.67 bits per heavy atom. The van der Waals surface area contributed by atoms with Crippen molar-refractivity contribution in [2.75, 3.05) is 6.61 Å². The molecule has 2 amide bonds. The normalized spacial score (nSPS) is 10.9. The molecular weight excluding hydrogens is 433 g/mol. The standard InChI is InChI=1S/C20H15ClFN3O4S/c1-12-15(19(21)25(24-12)14-6-4-13(22)5-7-14)8-9-18(27)29-11-17(26)23-20(28)16-3-2-10-30-16/h2-10H,11H2,1H3,(H,23,26,28)/b9-8+. The number of imide groups is 1. The summed E-state index contributed by atoms with van der Waals surface area (Å²) in [7, 11) is 0. The lowest BCUT2D eigenvalue weighted by molar-refractivity contribution is -0.143. The van der Waals surface area contributed by atoms with Crippen molar-refractivity contribution in [1.82, 2.24) is 15.1 Å². The van der Waals surface area contributed by atoms with E-state index in [2.05, 4.69) is 10.4 Å². The molecule has 0 atom stereocenters. The lowest BCUT2D eigenvalue weighted by atomic mass is 10.2. The zero-order valence-corrected chi connectivity index (χ0v) is 17.2. The van der Waals surface area contributed by atoms with Crippen LogP contribution >= 0.6 is 22.9 Å². The number of thiophene rings is 1. The molecule has 10 heteroatoms. The van der Waals surface area contributed by atoms with Gasteiger partial charge in [0.05, 0.1) is 16.3 Å². The first-order chi connectivity index (χ1) is 14.3. The molecule has 7 nitrogen and oxygen atoms in total. The van der Waals surface area contributed by atoms with E-state index in [-0.39, 0.29) is 11.0 Å². The largest absolute Gasteiger partial charge is 0.452 e. The Kier molecular flexibility index (Phi) is 6.76. The highest BCUT2D eigenvalue weighted by atomic mass is 35.5. The highest BCUT2D eigenvalue weighted by molar-refractivity contribution is 7.12. The third-order valence-corrected chi connectivity index (χ3v) is 5.08. The van der Waals surface area contributed by atoms with Crippen LogP contribution in [0.3, 0.4) is 0 Å². The van der Waals surface area contributed by atoms with E-state index in [0.717, 1.165) is 6.08 Å². The van der Waals surface area contributed by atoms with Crippen molar-refractivity contribution in [3.05, 3.63) is 75.0 Å². The fraction of sp³-hybridized carbons (Fsp3) is 0.100. The van der Waals surface area contributed by atoms with Gasteiger partial charge in [-0.05, 0) is 48.7 Å². The molecule has 0 unspecified atom stereocenters. The summed E-state index contributed by atoms with van der Waals surface area (Å²) in [6.07, 6.45) is 2.50. The van der Waals surface area contributed by atoms with Crippen molar-refractivity contribution >= 4 is 46.8 Å². The van der Waals surface area contributed by atoms with Crippen LogP contribution in [0.4, 0.5) is 4.39 Å². The molecule has 0 aliphatic carbocycles. The second kappa shape index (κ2) is 9.47. The summed E-state index contributed by atoms with van der Waals surface area (Å²) < 4.78 is 19.3. The average molecular weight is 448 g/mol. The number of amides is 2. The molecule has 3 rings (SSSR count). The second-order valence-electron chi connectivity index (χ2n) is 5.97. The van der Waals surface area contributed by atoms with Gasteiger partial charge >= 0.3 is 5.97 Å². The van der Waals surface area contributed by atoms with E-state index in [9.17, 15) is 18.8 Å². The maximum Gasteiger partial charge on any atom is 0.331 e. The molecule has 2 aromatic heterocycles. The molecule has 1 N–H and O–H groups in total. The van der Waals surface area contributed by atoms with E-state index < -0.39 is 24.4 Å². The van der Waals surface area contributed by atoms with Gasteiger partial charge in [0.2, 0.25) is 0 Å². The molecule has 3 aromatic rings. The number of ether oxygens (including phenoxy) is 1. The summed E-state index contributed by atoms with van der Waals surface area (Å²) >= 11 is 7.51. The molecular formula is C20H15ClFN3O4S. The molecule has 0 aliphatic rings. The Labute approximate surface area is 179 Å². The van der Waals surface area contributed by atoms with Crippen molar-refractivity contribution in [3.63, 3.8) is 0 Å². The van der Waals surface area contributed by atoms with Crippen molar-refractivity contribution in [1.29, 1.82) is 0 Å². The van der Waals surface area contributed by atoms with E-state index in [0.29, 0.717) is 21.8 Å². The number of benzene rings is 1. The van der Waals surface area contributed by atoms with Crippen molar-refractivity contribution in [3.8, 4) is 5.69 Å². The van der Waals surface area contributed by atoms with E-state index in [1.165, 1.54) is 46.4 Å². The molecule has 0 saturated carbocycles. The Balaban J connectivity index is 1.59. The SMILES string of the molecule is Cc1nn(-c2ccc(F)cc2)c(Cl)c1/C=C/C(=O)OCC(=O)NC(=O)c1cccs1. The Bertz CT molecular complexity index is 1110. The van der Waals surface area contributed by atoms with Gasteiger partial charge in [-0.25, -0.2) is 13.9 Å². The molecule has 30 heavy (non-hydrogen) atoms. The van der Waals surface area contributed by atoms with Gasteiger partial charge in [0.15, 0.2) is 6.61 Å². The third-order valence-electron chi connectivity index (χ3n) is 3.85. The van der Waals surface area contributed by atoms with Crippen LogP contribution in [0.25, 0.3) is 11.8 Å². The number of carbonyl (C=O) groups excluding carboxylic acids is 3. The highest BCUT2D eigenvalue weighted by Crippen LogP contribution is 2.24. The molecule has 154 valence electrons. The highest BCUT2D eigenvalue weighted by Gasteiger charge is 2.15. The molecule has 1 aromatic carbocycles. The van der Waals surface area contributed by atoms with Crippen LogP contribution in [0, 0.1) is 12.7 Å². The first-order valence-electron chi connectivity index (χ1n) is 8.58. The summed E-state index contributed by atoms with van der Waals surface area (Å²) in [5, 5.41) is 8.33. The van der Waals surface area contributed by atoms with Crippen LogP contribution in [0.1, 0.15) is 20.9 Å². The maximum atomic E-state index is 13.1. The number of aromatic nitrogens is 2. The van der Waals surface area contributed by atoms with Gasteiger partial charge in [-0.15, -0.1) is 11.3 Å². The zero-order valence-electron chi connectivity index (χ0n) is 15.6. The van der Waals surface area contributed by atoms with E-state index in [1.54, 1.807) is 24.4 Å². The predicted molar refractivity (Wildman–Crippen MR) is 110 cm³/mol. The number of carbonyl (C=O) groups is 3. The van der Waals surface area contributed by atoms with Crippen LogP contribution in [0.2, 0.25) is 5.15 Å². The number of nitrogens with one attached hydrogen (secondary N) is 1. The Hall–Kier alpha value is -3.30. The second-order valence-corrected chi connectivity index (χ2v) is 7.28. The molecule has 0 fully saturated rings. The Morgan fingerprint density at radius 1 is 1.27 bits per heavy atom. The molecule has 0 radical (unpaired) electrons. The van der Waals surface area contributed by atoms with E-state index in [4.69, 9.17) is 16.3 Å². The average Bonchev–Trinajstić information content (AvgIpc) is 3.34. The van der Waals surface area contributed by atoms with Crippen LogP contribution in [0.15, 0.2) is 47.9 Å². The monoisotopic (exact) mass is 447 g/mol. The third kappa shape index (κ3) is 5.19. The summed E-state index contributed by atoms with van der Waals surface area (Å²) in [5.41, 5.74) is 1.56. The van der Waals surface area contributed by atoms with Gasteiger partial charge in [-0.1, -0.05) is 17.7 Å². The fourth-order valence-electron chi connectivity index (χ4n) is 2.42. The van der Waals surface area contributed by atoms with Gasteiger partial charge in [-0.2, -0.15) is 5.10 Å². The van der Waals surface area contributed by atoms with Crippen LogP contribution in [-0.4, -0.2) is 34.2 Å². The number of hydrogen-bond acceptors (Lipinski definition) is 6. The summed E-state index contributed by atoms with van der Waals surface area (Å²) in [6.45, 7) is 1.09. The van der Waals surface area contributed by atoms with Crippen molar-refractivity contribution in [2.45, 2.75) is 6.92 Å². The van der Waals surface area contributed by atoms with Crippen LogP contribution < -0.4 is 5.32 Å². The van der Waals surface area contributed by atoms with Crippen molar-refractivity contribution in [2.24, 2.45) is 0 Å². The maximum absolute atomic E-state index is 13.1. The lowest BCUT2D eigenvalue weighted by Gasteiger charge is -2.03. The minimum absolute atomic E-state index is 0.224. The number of nitrogens with zero attached hydrogens (tertiary/aromatic N) is 2. The summed E-state index contributed by atoms with van der Waals surface area (Å²) in [5.74, 6) is -2.48. The van der Waals surface area contributed by atoms with E-state index in [1.807, 2.05) is 0 Å². The van der Waals surface area contributed by atoms with Crippen LogP contribution in [-0.2, 0) is 14.3 Å². The smallest absolute Gasteiger partial charge is 0.331 e. The first-order valence-corrected chi connectivity index (χ1v) is 9.84. The molecule has 0 saturated heterocycles. The van der Waals surface area contributed by atoms with Crippen LogP contribution in [0.5, 0.6) is 0 Å². The van der Waals surface area contributed by atoms with Crippen molar-refractivity contribution < 1.29 is 23.5 Å². The van der Waals surface area contributed by atoms with Gasteiger partial charge in [0.25, 0.3) is 11.8 Å². The number of halogens is 2. The first kappa shape index (κ1) is 21.4. The minimum Gasteiger partial charge on any atom is -0.452 e. The summed E-state index contributed by atoms with van der Waals surface area (Å²) in [4.78, 5) is 35.8. The fourth-order valence-corrected chi connectivity index (χ4v) is 3.38. The molecule has 0 bridgehead atoms. The quantitative estimate of drug-likeness (QED) is 0.461. The van der Waals surface area contributed by atoms with Gasteiger partial charge in [0.1, 0.15) is 11.0 Å². The molecule has 0 spiro atoms. The number of esters is 1. The molecule has 2 heterocycles. The van der Waals surface area contributed by atoms with Gasteiger partial charge in [0, 0.05) is 11.6 Å².